The third kappa shape index (κ3) is 3.96. The van der Waals surface area contributed by atoms with Gasteiger partial charge in [0.15, 0.2) is 5.82 Å². The zero-order chi connectivity index (χ0) is 20.3. The number of aliphatic hydroxyl groups excluding tert-OH is 1. The monoisotopic (exact) mass is 378 g/mol. The van der Waals surface area contributed by atoms with Gasteiger partial charge < -0.3 is 20.5 Å². The first kappa shape index (κ1) is 19.4. The first-order valence-corrected chi connectivity index (χ1v) is 8.70. The molecule has 1 atom stereocenters. The Morgan fingerprint density at radius 2 is 2.07 bits per heavy atom. The highest BCUT2D eigenvalue weighted by atomic mass is 16.5. The first-order chi connectivity index (χ1) is 13.4. The van der Waals surface area contributed by atoms with Crippen molar-refractivity contribution in [2.75, 3.05) is 25.5 Å². The average molecular weight is 378 g/mol. The van der Waals surface area contributed by atoms with Crippen molar-refractivity contribution in [1.29, 1.82) is 5.26 Å². The molecule has 144 valence electrons. The normalized spacial score (nSPS) is 11.7. The number of ether oxygens (including phenoxy) is 1. The molecule has 0 aliphatic rings. The fourth-order valence-electron chi connectivity index (χ4n) is 2.65. The molecule has 0 bridgehead atoms. The van der Waals surface area contributed by atoms with Crippen LogP contribution >= 0.6 is 0 Å². The van der Waals surface area contributed by atoms with Gasteiger partial charge in [-0.3, -0.25) is 4.98 Å². The molecule has 3 rings (SSSR count). The Morgan fingerprint density at radius 1 is 1.29 bits per heavy atom. The highest BCUT2D eigenvalue weighted by Crippen LogP contribution is 2.34. The summed E-state index contributed by atoms with van der Waals surface area (Å²) in [6.45, 7) is 0.126. The van der Waals surface area contributed by atoms with Gasteiger partial charge in [0.05, 0.1) is 23.4 Å². The molecule has 0 saturated heterocycles. The third-order valence-corrected chi connectivity index (χ3v) is 4.28. The van der Waals surface area contributed by atoms with E-state index in [1.807, 2.05) is 25.1 Å². The van der Waals surface area contributed by atoms with Crippen LogP contribution < -0.4 is 15.4 Å². The number of nitriles is 1. The number of nitrogens with zero attached hydrogens (tertiary/aromatic N) is 5. The predicted octanol–water partition coefficient (Wildman–Crippen LogP) is 2.20. The van der Waals surface area contributed by atoms with Crippen LogP contribution in [0.1, 0.15) is 17.2 Å². The van der Waals surface area contributed by atoms with Crippen LogP contribution in [0.5, 0.6) is 11.6 Å². The number of aliphatic hydroxyl groups is 1. The van der Waals surface area contributed by atoms with Crippen molar-refractivity contribution in [2.45, 2.75) is 6.10 Å². The van der Waals surface area contributed by atoms with Crippen LogP contribution in [0.15, 0.2) is 42.6 Å². The van der Waals surface area contributed by atoms with Gasteiger partial charge in [-0.15, -0.1) is 0 Å². The van der Waals surface area contributed by atoms with E-state index < -0.39 is 6.10 Å². The molecule has 0 unspecified atom stereocenters. The maximum absolute atomic E-state index is 9.85. The number of hydrogen-bond acceptors (Lipinski definition) is 7. The molecule has 0 amide bonds. The van der Waals surface area contributed by atoms with Crippen LogP contribution in [0.4, 0.5) is 5.82 Å². The minimum Gasteiger partial charge on any atom is -0.438 e. The molecule has 3 aromatic rings. The van der Waals surface area contributed by atoms with Crippen molar-refractivity contribution in [3.8, 4) is 29.0 Å². The zero-order valence-corrected chi connectivity index (χ0v) is 16.0. The zero-order valence-electron chi connectivity index (χ0n) is 16.0. The van der Waals surface area contributed by atoms with E-state index in [0.29, 0.717) is 28.5 Å². The van der Waals surface area contributed by atoms with Crippen molar-refractivity contribution in [3.05, 3.63) is 53.7 Å². The van der Waals surface area contributed by atoms with Crippen molar-refractivity contribution < 1.29 is 9.84 Å². The number of rotatable bonds is 6. The van der Waals surface area contributed by atoms with Crippen LogP contribution in [0.2, 0.25) is 0 Å². The highest BCUT2D eigenvalue weighted by Gasteiger charge is 2.15. The SMILES string of the molecule is CN(C)c1cc(Oc2cc(C#N)ccc2-c2ccc([C@H](O)CN)cn2)n(C)n1. The van der Waals surface area contributed by atoms with E-state index >= 15 is 0 Å². The second-order valence-corrected chi connectivity index (χ2v) is 6.51. The van der Waals surface area contributed by atoms with Crippen LogP contribution in [0.3, 0.4) is 0 Å². The Balaban J connectivity index is 2.00. The lowest BCUT2D eigenvalue weighted by Gasteiger charge is -2.12. The highest BCUT2D eigenvalue weighted by molar-refractivity contribution is 5.69. The third-order valence-electron chi connectivity index (χ3n) is 4.28. The smallest absolute Gasteiger partial charge is 0.219 e. The molecule has 3 N–H and O–H groups in total. The van der Waals surface area contributed by atoms with E-state index in [0.717, 1.165) is 11.4 Å². The topological polar surface area (TPSA) is 113 Å². The lowest BCUT2D eigenvalue weighted by Crippen LogP contribution is -2.11. The molecule has 28 heavy (non-hydrogen) atoms. The van der Waals surface area contributed by atoms with Gasteiger partial charge in [0, 0.05) is 51.1 Å². The Hall–Kier alpha value is -3.41. The minimum atomic E-state index is -0.753. The van der Waals surface area contributed by atoms with E-state index in [1.165, 1.54) is 0 Å². The molecular formula is C20H22N6O2. The summed E-state index contributed by atoms with van der Waals surface area (Å²) in [6.07, 6.45) is 0.834. The number of hydrogen-bond donors (Lipinski definition) is 2. The van der Waals surface area contributed by atoms with E-state index in [4.69, 9.17) is 10.5 Å². The van der Waals surface area contributed by atoms with Crippen molar-refractivity contribution in [3.63, 3.8) is 0 Å². The number of aryl methyl sites for hydroxylation is 1. The Morgan fingerprint density at radius 3 is 2.64 bits per heavy atom. The van der Waals surface area contributed by atoms with Crippen molar-refractivity contribution in [2.24, 2.45) is 12.8 Å². The maximum atomic E-state index is 9.85. The summed E-state index contributed by atoms with van der Waals surface area (Å²) in [6, 6.07) is 12.7. The van der Waals surface area contributed by atoms with Crippen LogP contribution in [0.25, 0.3) is 11.3 Å². The van der Waals surface area contributed by atoms with Crippen molar-refractivity contribution in [1.82, 2.24) is 14.8 Å². The van der Waals surface area contributed by atoms with Gasteiger partial charge in [-0.25, -0.2) is 4.68 Å². The quantitative estimate of drug-likeness (QED) is 0.676. The van der Waals surface area contributed by atoms with E-state index in [1.54, 1.807) is 48.3 Å². The fraction of sp³-hybridized carbons (Fsp3) is 0.250. The number of aromatic nitrogens is 3. The van der Waals surface area contributed by atoms with Gasteiger partial charge in [-0.1, -0.05) is 6.07 Å². The van der Waals surface area contributed by atoms with Gasteiger partial charge in [0.2, 0.25) is 5.88 Å². The molecule has 0 aliphatic heterocycles. The Kier molecular flexibility index (Phi) is 5.59. The molecule has 0 saturated carbocycles. The summed E-state index contributed by atoms with van der Waals surface area (Å²) >= 11 is 0. The first-order valence-electron chi connectivity index (χ1n) is 8.70. The van der Waals surface area contributed by atoms with Gasteiger partial charge >= 0.3 is 0 Å². The fourth-order valence-corrected chi connectivity index (χ4v) is 2.65. The summed E-state index contributed by atoms with van der Waals surface area (Å²) in [7, 11) is 5.58. The van der Waals surface area contributed by atoms with Gasteiger partial charge in [-0.2, -0.15) is 10.4 Å². The summed E-state index contributed by atoms with van der Waals surface area (Å²) < 4.78 is 7.71. The van der Waals surface area contributed by atoms with E-state index in [-0.39, 0.29) is 6.54 Å². The average Bonchev–Trinajstić information content (AvgIpc) is 3.08. The molecule has 0 fully saturated rings. The van der Waals surface area contributed by atoms with E-state index in [9.17, 15) is 10.4 Å². The summed E-state index contributed by atoms with van der Waals surface area (Å²) in [5, 5.41) is 23.5. The largest absolute Gasteiger partial charge is 0.438 e. The van der Waals surface area contributed by atoms with Crippen molar-refractivity contribution >= 4 is 5.82 Å². The molecule has 8 nitrogen and oxygen atoms in total. The van der Waals surface area contributed by atoms with Gasteiger partial charge in [0.25, 0.3) is 0 Å². The molecule has 8 heteroatoms. The maximum Gasteiger partial charge on any atom is 0.219 e. The Bertz CT molecular complexity index is 1000. The lowest BCUT2D eigenvalue weighted by molar-refractivity contribution is 0.186. The summed E-state index contributed by atoms with van der Waals surface area (Å²) in [4.78, 5) is 6.30. The summed E-state index contributed by atoms with van der Waals surface area (Å²) in [5.74, 6) is 1.79. The number of anilines is 1. The molecule has 2 aromatic heterocycles. The van der Waals surface area contributed by atoms with Crippen LogP contribution in [0, 0.1) is 11.3 Å². The molecule has 0 radical (unpaired) electrons. The standard InChI is InChI=1S/C20H22N6O2/c1-25(2)19-9-20(26(3)24-19)28-18-8-13(10-21)4-6-15(18)16-7-5-14(12-23-16)17(27)11-22/h4-9,12,17,27H,11,22H2,1-3H3/t17-/m1/s1. The second kappa shape index (κ2) is 8.08. The lowest BCUT2D eigenvalue weighted by atomic mass is 10.1. The molecule has 2 heterocycles. The number of benzene rings is 1. The second-order valence-electron chi connectivity index (χ2n) is 6.51. The van der Waals surface area contributed by atoms with Gasteiger partial charge in [0.1, 0.15) is 5.75 Å². The van der Waals surface area contributed by atoms with Gasteiger partial charge in [-0.05, 0) is 24.3 Å². The van der Waals surface area contributed by atoms with Crippen LogP contribution in [-0.2, 0) is 7.05 Å². The number of nitrogens with two attached hydrogens (primary N) is 1. The minimum absolute atomic E-state index is 0.126. The molecular weight excluding hydrogens is 356 g/mol. The number of pyridine rings is 1. The van der Waals surface area contributed by atoms with E-state index in [2.05, 4.69) is 16.2 Å². The molecule has 0 spiro atoms. The Labute approximate surface area is 163 Å². The molecule has 0 aliphatic carbocycles. The van der Waals surface area contributed by atoms with Crippen LogP contribution in [-0.4, -0.2) is 40.5 Å². The predicted molar refractivity (Wildman–Crippen MR) is 106 cm³/mol. The summed E-state index contributed by atoms with van der Waals surface area (Å²) in [5.41, 5.74) is 7.99. The molecule has 1 aromatic carbocycles.